The molecule has 0 heterocycles. The van der Waals surface area contributed by atoms with E-state index in [9.17, 15) is 19.8 Å². The number of aliphatic hydroxyl groups is 2. The average Bonchev–Trinajstić information content (AvgIpc) is 3.31. The van der Waals surface area contributed by atoms with E-state index in [1.807, 2.05) is 60.8 Å². The molecule has 66 heavy (non-hydrogen) atoms. The van der Waals surface area contributed by atoms with Gasteiger partial charge in [-0.25, -0.2) is 0 Å². The van der Waals surface area contributed by atoms with Crippen LogP contribution in [0.3, 0.4) is 0 Å². The van der Waals surface area contributed by atoms with Gasteiger partial charge in [-0.1, -0.05) is 251 Å². The van der Waals surface area contributed by atoms with Crippen LogP contribution in [0.2, 0.25) is 0 Å². The second kappa shape index (κ2) is 52.2. The number of allylic oxidation sites excluding steroid dienone is 20. The summed E-state index contributed by atoms with van der Waals surface area (Å²) in [5.74, 6) is -0.596. The highest BCUT2D eigenvalue weighted by Gasteiger charge is 2.24. The Bertz CT molecular complexity index is 1390. The predicted molar refractivity (Wildman–Crippen MR) is 286 cm³/mol. The van der Waals surface area contributed by atoms with Crippen LogP contribution in [0.1, 0.15) is 220 Å². The molecule has 374 valence electrons. The fourth-order valence-electron chi connectivity index (χ4n) is 7.46. The second-order valence-electron chi connectivity index (χ2n) is 17.7. The van der Waals surface area contributed by atoms with Crippen LogP contribution in [0.4, 0.5) is 0 Å². The van der Waals surface area contributed by atoms with E-state index in [1.165, 1.54) is 83.5 Å². The highest BCUT2D eigenvalue weighted by Crippen LogP contribution is 2.17. The first-order valence-corrected chi connectivity index (χ1v) is 26.8. The van der Waals surface area contributed by atoms with Crippen molar-refractivity contribution in [3.8, 4) is 0 Å². The molecule has 0 bridgehead atoms. The Morgan fingerprint density at radius 2 is 0.909 bits per heavy atom. The van der Waals surface area contributed by atoms with Gasteiger partial charge in [-0.15, -0.1) is 0 Å². The molecule has 0 radical (unpaired) electrons. The number of carbonyl (C=O) groups is 2. The van der Waals surface area contributed by atoms with E-state index in [4.69, 9.17) is 4.74 Å². The Labute approximate surface area is 406 Å². The number of rotatable bonds is 46. The maximum atomic E-state index is 13.2. The zero-order valence-corrected chi connectivity index (χ0v) is 42.5. The molecular weight excluding hydrogens is 815 g/mol. The average molecular weight is 914 g/mol. The molecule has 6 nitrogen and oxygen atoms in total. The smallest absolute Gasteiger partial charge is 0.306 e. The van der Waals surface area contributed by atoms with Crippen LogP contribution in [0.15, 0.2) is 122 Å². The zero-order valence-electron chi connectivity index (χ0n) is 42.5. The van der Waals surface area contributed by atoms with E-state index >= 15 is 0 Å². The van der Waals surface area contributed by atoms with Gasteiger partial charge in [-0.2, -0.15) is 0 Å². The lowest BCUT2D eigenvalue weighted by Crippen LogP contribution is -2.46. The van der Waals surface area contributed by atoms with Crippen LogP contribution >= 0.6 is 0 Å². The monoisotopic (exact) mass is 914 g/mol. The lowest BCUT2D eigenvalue weighted by molar-refractivity contribution is -0.151. The molecule has 0 aromatic rings. The molecule has 0 aliphatic carbocycles. The molecule has 0 fully saturated rings. The van der Waals surface area contributed by atoms with E-state index < -0.39 is 18.2 Å². The number of ether oxygens (including phenoxy) is 1. The fraction of sp³-hybridized carbons (Fsp3) is 0.633. The summed E-state index contributed by atoms with van der Waals surface area (Å²) < 4.78 is 5.89. The van der Waals surface area contributed by atoms with Crippen molar-refractivity contribution in [2.45, 2.75) is 238 Å². The number of esters is 1. The molecule has 1 amide bonds. The van der Waals surface area contributed by atoms with Gasteiger partial charge in [0.15, 0.2) is 0 Å². The maximum absolute atomic E-state index is 13.2. The molecule has 3 unspecified atom stereocenters. The van der Waals surface area contributed by atoms with Gasteiger partial charge in [-0.05, 0) is 77.0 Å². The molecule has 0 aromatic heterocycles. The van der Waals surface area contributed by atoms with E-state index in [1.54, 1.807) is 0 Å². The normalized spacial score (nSPS) is 14.2. The summed E-state index contributed by atoms with van der Waals surface area (Å²) in [4.78, 5) is 26.2. The van der Waals surface area contributed by atoms with Gasteiger partial charge in [0.25, 0.3) is 0 Å². The minimum Gasteiger partial charge on any atom is -0.462 e. The Balaban J connectivity index is 4.76. The summed E-state index contributed by atoms with van der Waals surface area (Å²) in [6.07, 6.45) is 72.6. The number of hydrogen-bond donors (Lipinski definition) is 3. The standard InChI is InChI=1S/C60H99NO5/c1-4-7-10-13-16-19-22-25-28-31-34-37-40-43-46-49-52-58(63)57(55-62)61-59(64)54-56(51-48-45-42-39-36-33-30-27-24-21-18-15-12-9-6-3)66-60(65)53-50-47-44-41-38-35-32-29-26-23-20-17-14-11-8-5-2/h8-9,11-12,15,17-18,20-21,24,26-27,29-30,33,35-36,38-39,42,56-58,62-63H,4-7,10,13-14,16,19,22-23,25,28,31-32,34,37,40-41,43-55H2,1-3H3,(H,61,64)/b11-8+,12-9-,18-15+,20-17+,24-21+,29-26+,30-27-,36-33+,38-35+,42-39+. The molecular formula is C60H99NO5. The number of hydrogen-bond acceptors (Lipinski definition) is 5. The first-order chi connectivity index (χ1) is 32.5. The molecule has 0 aromatic carbocycles. The third-order valence-electron chi connectivity index (χ3n) is 11.4. The zero-order chi connectivity index (χ0) is 48.1. The quantitative estimate of drug-likeness (QED) is 0.0245. The van der Waals surface area contributed by atoms with E-state index in [2.05, 4.69) is 86.8 Å². The summed E-state index contributed by atoms with van der Waals surface area (Å²) in [5, 5.41) is 23.8. The Morgan fingerprint density at radius 3 is 1.42 bits per heavy atom. The Hall–Kier alpha value is -3.74. The molecule has 0 spiro atoms. The minimum atomic E-state index is -0.822. The predicted octanol–water partition coefficient (Wildman–Crippen LogP) is 16.5. The van der Waals surface area contributed by atoms with Crippen molar-refractivity contribution >= 4 is 11.9 Å². The SMILES string of the molecule is CC\C=C/C=C/C=C/C=C\C=C\C=C\CCCC(CC(=O)NC(CO)C(O)CCCCCCCCCCCCCCCCCC)OC(=O)CCCCC/C=C/C/C=C/C/C=C/C/C=C/CC. The number of aliphatic hydroxyl groups excluding tert-OH is 2. The summed E-state index contributed by atoms with van der Waals surface area (Å²) >= 11 is 0. The van der Waals surface area contributed by atoms with Crippen molar-refractivity contribution in [3.63, 3.8) is 0 Å². The molecule has 0 saturated heterocycles. The maximum Gasteiger partial charge on any atom is 0.306 e. The lowest BCUT2D eigenvalue weighted by Gasteiger charge is -2.24. The first kappa shape index (κ1) is 62.3. The van der Waals surface area contributed by atoms with Gasteiger partial charge in [-0.3, -0.25) is 9.59 Å². The number of amides is 1. The van der Waals surface area contributed by atoms with Crippen LogP contribution in [0.5, 0.6) is 0 Å². The van der Waals surface area contributed by atoms with E-state index in [0.29, 0.717) is 19.3 Å². The van der Waals surface area contributed by atoms with Gasteiger partial charge in [0.1, 0.15) is 6.10 Å². The largest absolute Gasteiger partial charge is 0.462 e. The minimum absolute atomic E-state index is 0.00580. The lowest BCUT2D eigenvalue weighted by atomic mass is 10.0. The number of carbonyl (C=O) groups excluding carboxylic acids is 2. The van der Waals surface area contributed by atoms with Crippen LogP contribution < -0.4 is 5.32 Å². The van der Waals surface area contributed by atoms with Gasteiger partial charge in [0.2, 0.25) is 5.91 Å². The third kappa shape index (κ3) is 46.8. The first-order valence-electron chi connectivity index (χ1n) is 26.8. The van der Waals surface area contributed by atoms with Gasteiger partial charge in [0, 0.05) is 6.42 Å². The van der Waals surface area contributed by atoms with Crippen molar-refractivity contribution in [1.82, 2.24) is 5.32 Å². The highest BCUT2D eigenvalue weighted by atomic mass is 16.5. The van der Waals surface area contributed by atoms with E-state index in [0.717, 1.165) is 89.9 Å². The van der Waals surface area contributed by atoms with Gasteiger partial charge >= 0.3 is 5.97 Å². The topological polar surface area (TPSA) is 95.9 Å². The van der Waals surface area contributed by atoms with Gasteiger partial charge in [0.05, 0.1) is 25.2 Å². The molecule has 0 aliphatic rings. The molecule has 0 saturated carbocycles. The van der Waals surface area contributed by atoms with Crippen molar-refractivity contribution in [1.29, 1.82) is 0 Å². The van der Waals surface area contributed by atoms with Crippen LogP contribution in [0.25, 0.3) is 0 Å². The highest BCUT2D eigenvalue weighted by molar-refractivity contribution is 5.77. The van der Waals surface area contributed by atoms with Crippen molar-refractivity contribution in [2.24, 2.45) is 0 Å². The second-order valence-corrected chi connectivity index (χ2v) is 17.7. The van der Waals surface area contributed by atoms with Crippen molar-refractivity contribution in [2.75, 3.05) is 6.61 Å². The summed E-state index contributed by atoms with van der Waals surface area (Å²) in [6, 6.07) is -0.742. The molecule has 0 aliphatic heterocycles. The molecule has 6 heteroatoms. The number of nitrogens with one attached hydrogen (secondary N) is 1. The third-order valence-corrected chi connectivity index (χ3v) is 11.4. The van der Waals surface area contributed by atoms with E-state index in [-0.39, 0.29) is 24.9 Å². The molecule has 3 N–H and O–H groups in total. The summed E-state index contributed by atoms with van der Waals surface area (Å²) in [5.41, 5.74) is 0. The Morgan fingerprint density at radius 1 is 0.470 bits per heavy atom. The van der Waals surface area contributed by atoms with Crippen LogP contribution in [-0.4, -0.2) is 46.9 Å². The summed E-state index contributed by atoms with van der Waals surface area (Å²) in [6.45, 7) is 6.19. The number of unbranched alkanes of at least 4 members (excludes halogenated alkanes) is 19. The van der Waals surface area contributed by atoms with Gasteiger partial charge < -0.3 is 20.3 Å². The summed E-state index contributed by atoms with van der Waals surface area (Å²) in [7, 11) is 0. The Kier molecular flexibility index (Phi) is 49.3. The van der Waals surface area contributed by atoms with Crippen molar-refractivity contribution < 1.29 is 24.5 Å². The van der Waals surface area contributed by atoms with Crippen LogP contribution in [0, 0.1) is 0 Å². The van der Waals surface area contributed by atoms with Crippen LogP contribution in [-0.2, 0) is 14.3 Å². The molecule has 3 atom stereocenters. The fourth-order valence-corrected chi connectivity index (χ4v) is 7.46. The van der Waals surface area contributed by atoms with Crippen molar-refractivity contribution in [3.05, 3.63) is 122 Å². The molecule has 0 rings (SSSR count).